The molecule has 0 unspecified atom stereocenters. The first-order valence-electron chi connectivity index (χ1n) is 9.98. The van der Waals surface area contributed by atoms with Crippen molar-refractivity contribution in [3.05, 3.63) is 58.1 Å². The number of benzene rings is 2. The van der Waals surface area contributed by atoms with Gasteiger partial charge in [-0.25, -0.2) is 9.78 Å². The molecule has 1 heterocycles. The zero-order valence-corrected chi connectivity index (χ0v) is 18.4. The highest BCUT2D eigenvalue weighted by molar-refractivity contribution is 5.94. The number of aryl methyl sites for hydroxylation is 2. The molecule has 9 heteroatoms. The van der Waals surface area contributed by atoms with E-state index in [1.165, 1.54) is 32.2 Å². The number of esters is 1. The molecule has 0 aliphatic carbocycles. The Balaban J connectivity index is 1.65. The average molecular weight is 439 g/mol. The second kappa shape index (κ2) is 9.95. The van der Waals surface area contributed by atoms with E-state index in [1.807, 2.05) is 0 Å². The zero-order chi connectivity index (χ0) is 23.3. The van der Waals surface area contributed by atoms with Gasteiger partial charge in [0.05, 0.1) is 44.1 Å². The molecule has 2 aromatic carbocycles. The van der Waals surface area contributed by atoms with Gasteiger partial charge in [-0.05, 0) is 43.2 Å². The number of hydrogen-bond donors (Lipinski definition) is 1. The lowest BCUT2D eigenvalue weighted by molar-refractivity contribution is -0.116. The summed E-state index contributed by atoms with van der Waals surface area (Å²) in [5, 5.41) is 3.24. The van der Waals surface area contributed by atoms with Gasteiger partial charge in [0, 0.05) is 24.7 Å². The van der Waals surface area contributed by atoms with Crippen molar-refractivity contribution >= 4 is 28.5 Å². The minimum atomic E-state index is -0.434. The van der Waals surface area contributed by atoms with E-state index in [9.17, 15) is 14.4 Å². The van der Waals surface area contributed by atoms with Gasteiger partial charge in [0.15, 0.2) is 11.5 Å². The molecule has 0 atom stereocenters. The third kappa shape index (κ3) is 4.88. The van der Waals surface area contributed by atoms with E-state index in [4.69, 9.17) is 14.2 Å². The van der Waals surface area contributed by atoms with Crippen LogP contribution in [0.15, 0.2) is 41.5 Å². The lowest BCUT2D eigenvalue weighted by atomic mass is 10.1. The van der Waals surface area contributed by atoms with Crippen LogP contribution in [0.1, 0.15) is 28.8 Å². The number of ether oxygens (including phenoxy) is 3. The molecule has 1 aromatic heterocycles. The van der Waals surface area contributed by atoms with E-state index in [0.717, 1.165) is 5.56 Å². The monoisotopic (exact) mass is 439 g/mol. The van der Waals surface area contributed by atoms with Gasteiger partial charge in [-0.15, -0.1) is 0 Å². The predicted octanol–water partition coefficient (Wildman–Crippen LogP) is 2.93. The topological polar surface area (TPSA) is 109 Å². The number of rotatable bonds is 8. The van der Waals surface area contributed by atoms with Crippen LogP contribution in [0.2, 0.25) is 0 Å². The van der Waals surface area contributed by atoms with Gasteiger partial charge in [0.1, 0.15) is 0 Å². The summed E-state index contributed by atoms with van der Waals surface area (Å²) < 4.78 is 16.7. The van der Waals surface area contributed by atoms with Gasteiger partial charge < -0.3 is 19.5 Å². The lowest BCUT2D eigenvalue weighted by Gasteiger charge is -2.11. The Morgan fingerprint density at radius 3 is 2.44 bits per heavy atom. The second-order valence-corrected chi connectivity index (χ2v) is 7.14. The summed E-state index contributed by atoms with van der Waals surface area (Å²) in [5.74, 6) is 0.324. The minimum Gasteiger partial charge on any atom is -0.493 e. The first-order valence-corrected chi connectivity index (χ1v) is 9.98. The largest absolute Gasteiger partial charge is 0.493 e. The average Bonchev–Trinajstić information content (AvgIpc) is 2.80. The molecule has 0 aliphatic rings. The Morgan fingerprint density at radius 2 is 1.78 bits per heavy atom. The Kier molecular flexibility index (Phi) is 7.09. The van der Waals surface area contributed by atoms with Gasteiger partial charge in [0.2, 0.25) is 5.91 Å². The highest BCUT2D eigenvalue weighted by Gasteiger charge is 2.12. The van der Waals surface area contributed by atoms with Gasteiger partial charge in [-0.3, -0.25) is 14.2 Å². The number of hydrogen-bond acceptors (Lipinski definition) is 7. The molecular formula is C23H25N3O6. The highest BCUT2D eigenvalue weighted by atomic mass is 16.5. The lowest BCUT2D eigenvalue weighted by Crippen LogP contribution is -2.22. The van der Waals surface area contributed by atoms with Crippen molar-refractivity contribution in [1.29, 1.82) is 0 Å². The van der Waals surface area contributed by atoms with Crippen molar-refractivity contribution in [1.82, 2.24) is 9.55 Å². The number of anilines is 1. The molecule has 3 aromatic rings. The fraction of sp³-hybridized carbons (Fsp3) is 0.304. The number of carbonyl (C=O) groups excluding carboxylic acids is 2. The molecule has 0 aliphatic heterocycles. The van der Waals surface area contributed by atoms with Crippen molar-refractivity contribution < 1.29 is 23.8 Å². The van der Waals surface area contributed by atoms with Crippen LogP contribution in [0.4, 0.5) is 5.69 Å². The van der Waals surface area contributed by atoms with Crippen molar-refractivity contribution in [2.24, 2.45) is 0 Å². The van der Waals surface area contributed by atoms with Crippen LogP contribution >= 0.6 is 0 Å². The number of nitrogens with one attached hydrogen (secondary N) is 1. The maximum atomic E-state index is 12.8. The van der Waals surface area contributed by atoms with Gasteiger partial charge in [-0.1, -0.05) is 0 Å². The number of nitrogens with zero attached hydrogens (tertiary/aromatic N) is 2. The van der Waals surface area contributed by atoms with Crippen LogP contribution in [-0.4, -0.2) is 42.8 Å². The molecule has 0 spiro atoms. The summed E-state index contributed by atoms with van der Waals surface area (Å²) in [6, 6.07) is 8.18. The van der Waals surface area contributed by atoms with Crippen LogP contribution in [0, 0.1) is 6.92 Å². The first kappa shape index (κ1) is 22.8. The standard InChI is InChI=1S/C23H25N3O6/c1-14-10-15(23(29)32-4)7-8-17(14)25-21(27)6-5-9-26-13-24-18-12-20(31-3)19(30-2)11-16(18)22(26)28/h7-8,10-13H,5-6,9H2,1-4H3,(H,25,27). The summed E-state index contributed by atoms with van der Waals surface area (Å²) in [5.41, 5.74) is 2.08. The molecule has 0 saturated heterocycles. The highest BCUT2D eigenvalue weighted by Crippen LogP contribution is 2.29. The van der Waals surface area contributed by atoms with E-state index >= 15 is 0 Å². The van der Waals surface area contributed by atoms with Crippen LogP contribution in [0.3, 0.4) is 0 Å². The van der Waals surface area contributed by atoms with Gasteiger partial charge >= 0.3 is 5.97 Å². The molecule has 0 fully saturated rings. The summed E-state index contributed by atoms with van der Waals surface area (Å²) in [6.45, 7) is 2.13. The minimum absolute atomic E-state index is 0.188. The predicted molar refractivity (Wildman–Crippen MR) is 119 cm³/mol. The molecule has 0 bridgehead atoms. The van der Waals surface area contributed by atoms with Crippen molar-refractivity contribution in [2.75, 3.05) is 26.6 Å². The quantitative estimate of drug-likeness (QED) is 0.538. The first-order chi connectivity index (χ1) is 15.4. The van der Waals surface area contributed by atoms with E-state index < -0.39 is 5.97 Å². The molecule has 9 nitrogen and oxygen atoms in total. The number of aromatic nitrogens is 2. The van der Waals surface area contributed by atoms with Gasteiger partial charge in [-0.2, -0.15) is 0 Å². The maximum Gasteiger partial charge on any atom is 0.337 e. The van der Waals surface area contributed by atoms with Crippen molar-refractivity contribution in [3.8, 4) is 11.5 Å². The van der Waals surface area contributed by atoms with Crippen molar-refractivity contribution in [3.63, 3.8) is 0 Å². The Morgan fingerprint density at radius 1 is 1.06 bits per heavy atom. The van der Waals surface area contributed by atoms with Crippen LogP contribution in [-0.2, 0) is 16.1 Å². The summed E-state index contributed by atoms with van der Waals surface area (Å²) in [4.78, 5) is 41.1. The van der Waals surface area contributed by atoms with E-state index in [1.54, 1.807) is 37.3 Å². The Labute approximate surface area is 184 Å². The fourth-order valence-corrected chi connectivity index (χ4v) is 3.32. The summed E-state index contributed by atoms with van der Waals surface area (Å²) in [6.07, 6.45) is 2.13. The normalized spacial score (nSPS) is 10.6. The Hall–Kier alpha value is -3.88. The molecule has 3 rings (SSSR count). The number of methoxy groups -OCH3 is 3. The summed E-state index contributed by atoms with van der Waals surface area (Å²) >= 11 is 0. The molecular weight excluding hydrogens is 414 g/mol. The molecule has 1 amide bonds. The third-order valence-corrected chi connectivity index (χ3v) is 5.05. The van der Waals surface area contributed by atoms with E-state index in [0.29, 0.717) is 46.6 Å². The third-order valence-electron chi connectivity index (χ3n) is 5.05. The van der Waals surface area contributed by atoms with Crippen LogP contribution in [0.25, 0.3) is 10.9 Å². The number of fused-ring (bicyclic) bond motifs is 1. The van der Waals surface area contributed by atoms with Gasteiger partial charge in [0.25, 0.3) is 5.56 Å². The molecule has 0 saturated carbocycles. The maximum absolute atomic E-state index is 12.8. The zero-order valence-electron chi connectivity index (χ0n) is 18.4. The van der Waals surface area contributed by atoms with E-state index in [2.05, 4.69) is 10.3 Å². The SMILES string of the molecule is COC(=O)c1ccc(NC(=O)CCCn2cnc3cc(OC)c(OC)cc3c2=O)c(C)c1. The molecule has 168 valence electrons. The van der Waals surface area contributed by atoms with E-state index in [-0.39, 0.29) is 17.9 Å². The smallest absolute Gasteiger partial charge is 0.337 e. The number of carbonyl (C=O) groups is 2. The second-order valence-electron chi connectivity index (χ2n) is 7.14. The molecule has 32 heavy (non-hydrogen) atoms. The van der Waals surface area contributed by atoms with Crippen LogP contribution < -0.4 is 20.3 Å². The summed E-state index contributed by atoms with van der Waals surface area (Å²) in [7, 11) is 4.34. The van der Waals surface area contributed by atoms with Crippen LogP contribution in [0.5, 0.6) is 11.5 Å². The van der Waals surface area contributed by atoms with Crippen molar-refractivity contribution in [2.45, 2.75) is 26.3 Å². The molecule has 0 radical (unpaired) electrons. The Bertz CT molecular complexity index is 1220. The fourth-order valence-electron chi connectivity index (χ4n) is 3.32. The number of amides is 1. The molecule has 1 N–H and O–H groups in total.